The van der Waals surface area contributed by atoms with Crippen LogP contribution < -0.4 is 5.32 Å². The highest BCUT2D eigenvalue weighted by molar-refractivity contribution is 14.1. The Morgan fingerprint density at radius 1 is 1.06 bits per heavy atom. The molecule has 1 N–H and O–H groups in total. The largest absolute Gasteiger partial charge is 0.321 e. The van der Waals surface area contributed by atoms with Crippen molar-refractivity contribution in [1.29, 1.82) is 0 Å². The predicted molar refractivity (Wildman–Crippen MR) is 73.5 cm³/mol. The fourth-order valence-corrected chi connectivity index (χ4v) is 1.88. The molecular formula is C13H9FINO. The minimum absolute atomic E-state index is 0.242. The van der Waals surface area contributed by atoms with Gasteiger partial charge in [0.2, 0.25) is 0 Å². The SMILES string of the molecule is O=C(Nc1ccccc1I)c1ccc(F)cc1. The van der Waals surface area contributed by atoms with Crippen molar-refractivity contribution in [2.75, 3.05) is 5.32 Å². The maximum atomic E-state index is 12.7. The number of hydrogen-bond acceptors (Lipinski definition) is 1. The van der Waals surface area contributed by atoms with Crippen LogP contribution in [0, 0.1) is 9.39 Å². The van der Waals surface area contributed by atoms with E-state index in [1.807, 2.05) is 24.3 Å². The number of rotatable bonds is 2. The summed E-state index contributed by atoms with van der Waals surface area (Å²) in [6.45, 7) is 0. The van der Waals surface area contributed by atoms with Crippen LogP contribution in [0.2, 0.25) is 0 Å². The van der Waals surface area contributed by atoms with Gasteiger partial charge in [0.05, 0.1) is 5.69 Å². The summed E-state index contributed by atoms with van der Waals surface area (Å²) in [6.07, 6.45) is 0. The van der Waals surface area contributed by atoms with Gasteiger partial charge in [0.15, 0.2) is 0 Å². The number of benzene rings is 2. The summed E-state index contributed by atoms with van der Waals surface area (Å²) < 4.78 is 13.7. The zero-order valence-electron chi connectivity index (χ0n) is 8.78. The van der Waals surface area contributed by atoms with Crippen LogP contribution in [-0.2, 0) is 0 Å². The van der Waals surface area contributed by atoms with E-state index in [-0.39, 0.29) is 11.7 Å². The number of nitrogens with one attached hydrogen (secondary N) is 1. The lowest BCUT2D eigenvalue weighted by molar-refractivity contribution is 0.102. The first kappa shape index (κ1) is 12.0. The molecule has 2 aromatic carbocycles. The minimum Gasteiger partial charge on any atom is -0.321 e. The Bertz CT molecular complexity index is 539. The molecule has 86 valence electrons. The second-order valence-electron chi connectivity index (χ2n) is 3.44. The van der Waals surface area contributed by atoms with Crippen molar-refractivity contribution in [2.24, 2.45) is 0 Å². The van der Waals surface area contributed by atoms with E-state index < -0.39 is 0 Å². The van der Waals surface area contributed by atoms with Crippen LogP contribution in [-0.4, -0.2) is 5.91 Å². The molecular weight excluding hydrogens is 332 g/mol. The van der Waals surface area contributed by atoms with Crippen LogP contribution in [0.15, 0.2) is 48.5 Å². The van der Waals surface area contributed by atoms with Crippen LogP contribution >= 0.6 is 22.6 Å². The number of para-hydroxylation sites is 1. The average Bonchev–Trinajstić information content (AvgIpc) is 2.33. The molecule has 2 nitrogen and oxygen atoms in total. The van der Waals surface area contributed by atoms with Crippen molar-refractivity contribution >= 4 is 34.2 Å². The summed E-state index contributed by atoms with van der Waals surface area (Å²) in [5.41, 5.74) is 1.19. The third kappa shape index (κ3) is 3.03. The molecule has 1 amide bonds. The zero-order chi connectivity index (χ0) is 12.3. The third-order valence-electron chi connectivity index (χ3n) is 2.23. The van der Waals surface area contributed by atoms with Gasteiger partial charge in [-0.1, -0.05) is 12.1 Å². The number of carbonyl (C=O) groups is 1. The molecule has 0 spiro atoms. The van der Waals surface area contributed by atoms with Crippen molar-refractivity contribution in [2.45, 2.75) is 0 Å². The van der Waals surface area contributed by atoms with E-state index in [0.717, 1.165) is 9.26 Å². The Labute approximate surface area is 112 Å². The minimum atomic E-state index is -0.351. The number of amides is 1. The van der Waals surface area contributed by atoms with Crippen molar-refractivity contribution in [3.8, 4) is 0 Å². The average molecular weight is 341 g/mol. The van der Waals surface area contributed by atoms with E-state index in [0.29, 0.717) is 5.56 Å². The molecule has 0 saturated heterocycles. The fraction of sp³-hybridized carbons (Fsp3) is 0. The van der Waals surface area contributed by atoms with Crippen molar-refractivity contribution in [3.63, 3.8) is 0 Å². The molecule has 2 aromatic rings. The van der Waals surface area contributed by atoms with Gasteiger partial charge in [-0.2, -0.15) is 0 Å². The van der Waals surface area contributed by atoms with Gasteiger partial charge in [-0.25, -0.2) is 4.39 Å². The van der Waals surface area contributed by atoms with E-state index >= 15 is 0 Å². The molecule has 4 heteroatoms. The molecule has 0 heterocycles. The zero-order valence-corrected chi connectivity index (χ0v) is 10.9. The molecule has 0 aliphatic heterocycles. The highest BCUT2D eigenvalue weighted by atomic mass is 127. The van der Waals surface area contributed by atoms with Crippen LogP contribution in [0.25, 0.3) is 0 Å². The lowest BCUT2D eigenvalue weighted by Gasteiger charge is -2.06. The second kappa shape index (κ2) is 5.27. The smallest absolute Gasteiger partial charge is 0.255 e. The highest BCUT2D eigenvalue weighted by Crippen LogP contribution is 2.17. The van der Waals surface area contributed by atoms with Crippen LogP contribution in [0.3, 0.4) is 0 Å². The van der Waals surface area contributed by atoms with E-state index in [2.05, 4.69) is 27.9 Å². The lowest BCUT2D eigenvalue weighted by Crippen LogP contribution is -2.12. The van der Waals surface area contributed by atoms with Gasteiger partial charge >= 0.3 is 0 Å². The summed E-state index contributed by atoms with van der Waals surface area (Å²) in [5, 5.41) is 2.78. The molecule has 0 atom stereocenters. The van der Waals surface area contributed by atoms with Crippen molar-refractivity contribution in [3.05, 3.63) is 63.5 Å². The molecule has 17 heavy (non-hydrogen) atoms. The summed E-state index contributed by atoms with van der Waals surface area (Å²) in [7, 11) is 0. The van der Waals surface area contributed by atoms with Crippen molar-refractivity contribution < 1.29 is 9.18 Å². The second-order valence-corrected chi connectivity index (χ2v) is 4.60. The molecule has 0 aliphatic carbocycles. The highest BCUT2D eigenvalue weighted by Gasteiger charge is 2.07. The maximum absolute atomic E-state index is 12.7. The Balaban J connectivity index is 2.17. The topological polar surface area (TPSA) is 29.1 Å². The van der Waals surface area contributed by atoms with Gasteiger partial charge < -0.3 is 5.32 Å². The molecule has 0 fully saturated rings. The number of carbonyl (C=O) groups excluding carboxylic acids is 1. The Morgan fingerprint density at radius 2 is 1.71 bits per heavy atom. The van der Waals surface area contributed by atoms with E-state index in [1.165, 1.54) is 24.3 Å². The molecule has 0 radical (unpaired) electrons. The summed E-state index contributed by atoms with van der Waals surface area (Å²) in [5.74, 6) is -0.593. The lowest BCUT2D eigenvalue weighted by atomic mass is 10.2. The van der Waals surface area contributed by atoms with E-state index in [1.54, 1.807) is 0 Å². The monoisotopic (exact) mass is 341 g/mol. The van der Waals surface area contributed by atoms with Crippen LogP contribution in [0.1, 0.15) is 10.4 Å². The summed E-state index contributed by atoms with van der Waals surface area (Å²) >= 11 is 2.14. The molecule has 0 bridgehead atoms. The quantitative estimate of drug-likeness (QED) is 0.830. The van der Waals surface area contributed by atoms with E-state index in [9.17, 15) is 9.18 Å². The summed E-state index contributed by atoms with van der Waals surface area (Å²) in [4.78, 5) is 11.8. The first-order valence-electron chi connectivity index (χ1n) is 4.98. The van der Waals surface area contributed by atoms with Gasteiger partial charge in [0.25, 0.3) is 5.91 Å². The summed E-state index contributed by atoms with van der Waals surface area (Å²) in [6, 6.07) is 12.9. The number of anilines is 1. The Hall–Kier alpha value is -1.43. The van der Waals surface area contributed by atoms with Crippen LogP contribution in [0.5, 0.6) is 0 Å². The molecule has 2 rings (SSSR count). The Kier molecular flexibility index (Phi) is 3.73. The van der Waals surface area contributed by atoms with Gasteiger partial charge in [-0.05, 0) is 59.0 Å². The first-order chi connectivity index (χ1) is 8.16. The molecule has 0 unspecified atom stereocenters. The Morgan fingerprint density at radius 3 is 2.35 bits per heavy atom. The van der Waals surface area contributed by atoms with Crippen LogP contribution in [0.4, 0.5) is 10.1 Å². The van der Waals surface area contributed by atoms with Gasteiger partial charge in [-0.3, -0.25) is 4.79 Å². The maximum Gasteiger partial charge on any atom is 0.255 e. The first-order valence-corrected chi connectivity index (χ1v) is 6.06. The van der Waals surface area contributed by atoms with Gasteiger partial charge in [0, 0.05) is 9.13 Å². The standard InChI is InChI=1S/C13H9FINO/c14-10-7-5-9(6-8-10)13(17)16-12-4-2-1-3-11(12)15/h1-8H,(H,16,17). The molecule has 0 aromatic heterocycles. The van der Waals surface area contributed by atoms with Gasteiger partial charge in [0.1, 0.15) is 5.82 Å². The van der Waals surface area contributed by atoms with Gasteiger partial charge in [-0.15, -0.1) is 0 Å². The number of halogens is 2. The third-order valence-corrected chi connectivity index (χ3v) is 3.17. The fourth-order valence-electron chi connectivity index (χ4n) is 1.36. The molecule has 0 aliphatic rings. The van der Waals surface area contributed by atoms with E-state index in [4.69, 9.17) is 0 Å². The van der Waals surface area contributed by atoms with Crippen molar-refractivity contribution in [1.82, 2.24) is 0 Å². The predicted octanol–water partition coefficient (Wildman–Crippen LogP) is 3.68. The normalized spacial score (nSPS) is 10.0. The number of hydrogen-bond donors (Lipinski definition) is 1. The molecule has 0 saturated carbocycles.